The second kappa shape index (κ2) is 11.6. The minimum Gasteiger partial charge on any atom is -0.465 e. The zero-order valence-corrected chi connectivity index (χ0v) is 12.8. The SMILES string of the molecule is CCCCCCCCCCOC(=O)C(C)C(C)C. The molecule has 0 aromatic carbocycles. The van der Waals surface area contributed by atoms with Crippen LogP contribution in [0.4, 0.5) is 0 Å². The molecule has 1 atom stereocenters. The highest BCUT2D eigenvalue weighted by molar-refractivity contribution is 5.72. The van der Waals surface area contributed by atoms with Gasteiger partial charge in [0.2, 0.25) is 0 Å². The number of unbranched alkanes of at least 4 members (excludes halogenated alkanes) is 7. The largest absolute Gasteiger partial charge is 0.465 e. The van der Waals surface area contributed by atoms with Crippen LogP contribution in [0.1, 0.15) is 79.1 Å². The first-order valence-electron chi connectivity index (χ1n) is 7.76. The van der Waals surface area contributed by atoms with Crippen LogP contribution in [0.2, 0.25) is 0 Å². The average Bonchev–Trinajstić information content (AvgIpc) is 2.35. The van der Waals surface area contributed by atoms with E-state index in [0.29, 0.717) is 12.5 Å². The molecule has 0 radical (unpaired) electrons. The predicted octanol–water partition coefficient (Wildman–Crippen LogP) is 4.96. The highest BCUT2D eigenvalue weighted by Gasteiger charge is 2.17. The van der Waals surface area contributed by atoms with E-state index in [2.05, 4.69) is 20.8 Å². The van der Waals surface area contributed by atoms with Crippen LogP contribution in [0.5, 0.6) is 0 Å². The maximum Gasteiger partial charge on any atom is 0.308 e. The van der Waals surface area contributed by atoms with Crippen molar-refractivity contribution in [3.63, 3.8) is 0 Å². The zero-order valence-electron chi connectivity index (χ0n) is 12.8. The smallest absolute Gasteiger partial charge is 0.308 e. The van der Waals surface area contributed by atoms with Crippen molar-refractivity contribution in [1.82, 2.24) is 0 Å². The molecule has 2 nitrogen and oxygen atoms in total. The normalized spacial score (nSPS) is 12.7. The molecule has 0 N–H and O–H groups in total. The second-order valence-corrected chi connectivity index (χ2v) is 5.68. The number of rotatable bonds is 11. The summed E-state index contributed by atoms with van der Waals surface area (Å²) < 4.78 is 5.27. The first kappa shape index (κ1) is 17.5. The predicted molar refractivity (Wildman–Crippen MR) is 77.6 cm³/mol. The van der Waals surface area contributed by atoms with Crippen molar-refractivity contribution in [3.8, 4) is 0 Å². The number of carbonyl (C=O) groups is 1. The van der Waals surface area contributed by atoms with Crippen molar-refractivity contribution >= 4 is 5.97 Å². The minimum atomic E-state index is -0.0343. The molecule has 0 heterocycles. The Bertz CT molecular complexity index is 199. The number of hydrogen-bond donors (Lipinski definition) is 0. The van der Waals surface area contributed by atoms with E-state index >= 15 is 0 Å². The van der Waals surface area contributed by atoms with Gasteiger partial charge in [-0.15, -0.1) is 0 Å². The molecule has 0 saturated heterocycles. The number of ether oxygens (including phenoxy) is 1. The Labute approximate surface area is 113 Å². The Hall–Kier alpha value is -0.530. The molecule has 1 unspecified atom stereocenters. The molecule has 0 bridgehead atoms. The Balaban J connectivity index is 3.27. The molecule has 2 heteroatoms. The van der Waals surface area contributed by atoms with Crippen LogP contribution in [-0.4, -0.2) is 12.6 Å². The monoisotopic (exact) mass is 256 g/mol. The van der Waals surface area contributed by atoms with Crippen LogP contribution >= 0.6 is 0 Å². The fourth-order valence-electron chi connectivity index (χ4n) is 1.81. The van der Waals surface area contributed by atoms with E-state index in [0.717, 1.165) is 6.42 Å². The molecular formula is C16H32O2. The highest BCUT2D eigenvalue weighted by atomic mass is 16.5. The molecular weight excluding hydrogens is 224 g/mol. The van der Waals surface area contributed by atoms with Crippen LogP contribution < -0.4 is 0 Å². The molecule has 18 heavy (non-hydrogen) atoms. The van der Waals surface area contributed by atoms with Gasteiger partial charge in [0.05, 0.1) is 12.5 Å². The van der Waals surface area contributed by atoms with E-state index in [1.54, 1.807) is 0 Å². The lowest BCUT2D eigenvalue weighted by Crippen LogP contribution is -2.20. The van der Waals surface area contributed by atoms with Gasteiger partial charge in [0, 0.05) is 0 Å². The van der Waals surface area contributed by atoms with Crippen LogP contribution in [0.15, 0.2) is 0 Å². The van der Waals surface area contributed by atoms with E-state index in [1.165, 1.54) is 44.9 Å². The lowest BCUT2D eigenvalue weighted by molar-refractivity contribution is -0.149. The highest BCUT2D eigenvalue weighted by Crippen LogP contribution is 2.12. The lowest BCUT2D eigenvalue weighted by atomic mass is 9.99. The van der Waals surface area contributed by atoms with Crippen LogP contribution in [0.25, 0.3) is 0 Å². The first-order valence-corrected chi connectivity index (χ1v) is 7.76. The van der Waals surface area contributed by atoms with Crippen LogP contribution in [-0.2, 0) is 9.53 Å². The van der Waals surface area contributed by atoms with Crippen molar-refractivity contribution in [2.75, 3.05) is 6.61 Å². The van der Waals surface area contributed by atoms with Gasteiger partial charge in [0.25, 0.3) is 0 Å². The molecule has 0 aliphatic carbocycles. The molecule has 0 spiro atoms. The van der Waals surface area contributed by atoms with Gasteiger partial charge < -0.3 is 4.74 Å². The van der Waals surface area contributed by atoms with Gasteiger partial charge in [-0.1, -0.05) is 72.6 Å². The van der Waals surface area contributed by atoms with Crippen molar-refractivity contribution in [2.24, 2.45) is 11.8 Å². The molecule has 0 aliphatic rings. The second-order valence-electron chi connectivity index (χ2n) is 5.68. The Morgan fingerprint density at radius 1 is 0.889 bits per heavy atom. The Morgan fingerprint density at radius 2 is 1.39 bits per heavy atom. The van der Waals surface area contributed by atoms with Gasteiger partial charge in [0.1, 0.15) is 0 Å². The third-order valence-electron chi connectivity index (χ3n) is 3.61. The van der Waals surface area contributed by atoms with Gasteiger partial charge in [-0.2, -0.15) is 0 Å². The molecule has 0 amide bonds. The summed E-state index contributed by atoms with van der Waals surface area (Å²) in [5.74, 6) is 0.364. The molecule has 0 aliphatic heterocycles. The van der Waals surface area contributed by atoms with Gasteiger partial charge in [-0.3, -0.25) is 4.79 Å². The summed E-state index contributed by atoms with van der Waals surface area (Å²) in [7, 11) is 0. The summed E-state index contributed by atoms with van der Waals surface area (Å²) in [6.07, 6.45) is 10.2. The minimum absolute atomic E-state index is 0.0269. The third-order valence-corrected chi connectivity index (χ3v) is 3.61. The molecule has 0 aromatic heterocycles. The fraction of sp³-hybridized carbons (Fsp3) is 0.938. The third kappa shape index (κ3) is 9.49. The van der Waals surface area contributed by atoms with E-state index < -0.39 is 0 Å². The number of carbonyl (C=O) groups excluding carboxylic acids is 1. The van der Waals surface area contributed by atoms with Gasteiger partial charge >= 0.3 is 5.97 Å². The average molecular weight is 256 g/mol. The van der Waals surface area contributed by atoms with E-state index in [-0.39, 0.29) is 11.9 Å². The lowest BCUT2D eigenvalue weighted by Gasteiger charge is -2.14. The summed E-state index contributed by atoms with van der Waals surface area (Å²) >= 11 is 0. The van der Waals surface area contributed by atoms with Crippen molar-refractivity contribution in [3.05, 3.63) is 0 Å². The number of esters is 1. The van der Waals surface area contributed by atoms with Crippen molar-refractivity contribution < 1.29 is 9.53 Å². The summed E-state index contributed by atoms with van der Waals surface area (Å²) in [4.78, 5) is 11.6. The van der Waals surface area contributed by atoms with Gasteiger partial charge in [-0.25, -0.2) is 0 Å². The summed E-state index contributed by atoms with van der Waals surface area (Å²) in [6, 6.07) is 0. The molecule has 0 rings (SSSR count). The van der Waals surface area contributed by atoms with E-state index in [4.69, 9.17) is 4.74 Å². The number of hydrogen-bond acceptors (Lipinski definition) is 2. The summed E-state index contributed by atoms with van der Waals surface area (Å²) in [6.45, 7) is 8.91. The Morgan fingerprint density at radius 3 is 1.89 bits per heavy atom. The molecule has 108 valence electrons. The van der Waals surface area contributed by atoms with E-state index in [9.17, 15) is 4.79 Å². The van der Waals surface area contributed by atoms with Gasteiger partial charge in [0.15, 0.2) is 0 Å². The van der Waals surface area contributed by atoms with Crippen LogP contribution in [0, 0.1) is 11.8 Å². The Kier molecular flexibility index (Phi) is 11.2. The fourth-order valence-corrected chi connectivity index (χ4v) is 1.81. The van der Waals surface area contributed by atoms with Crippen molar-refractivity contribution in [2.45, 2.75) is 79.1 Å². The van der Waals surface area contributed by atoms with Crippen molar-refractivity contribution in [1.29, 1.82) is 0 Å². The van der Waals surface area contributed by atoms with Gasteiger partial charge in [-0.05, 0) is 12.3 Å². The quantitative estimate of drug-likeness (QED) is 0.385. The first-order chi connectivity index (χ1) is 8.59. The standard InChI is InChI=1S/C16H32O2/c1-5-6-7-8-9-10-11-12-13-18-16(17)15(4)14(2)3/h14-15H,5-13H2,1-4H3. The van der Waals surface area contributed by atoms with Crippen LogP contribution in [0.3, 0.4) is 0 Å². The summed E-state index contributed by atoms with van der Waals surface area (Å²) in [5, 5.41) is 0. The summed E-state index contributed by atoms with van der Waals surface area (Å²) in [5.41, 5.74) is 0. The van der Waals surface area contributed by atoms with E-state index in [1.807, 2.05) is 6.92 Å². The maximum absolute atomic E-state index is 11.6. The topological polar surface area (TPSA) is 26.3 Å². The molecule has 0 fully saturated rings. The maximum atomic E-state index is 11.6. The molecule has 0 saturated carbocycles. The molecule has 0 aromatic rings. The zero-order chi connectivity index (χ0) is 13.8.